The minimum Gasteiger partial charge on any atom is -0.497 e. The zero-order valence-corrected chi connectivity index (χ0v) is 13.2. The molecule has 0 amide bonds. The van der Waals surface area contributed by atoms with E-state index >= 15 is 0 Å². The summed E-state index contributed by atoms with van der Waals surface area (Å²) in [5.74, 6) is 1.72. The SMILES string of the molecule is COc1ccc(-c2nnn(-c3ccccc3)c2-n2cccc2)cc1. The van der Waals surface area contributed by atoms with Gasteiger partial charge in [0.05, 0.1) is 12.8 Å². The topological polar surface area (TPSA) is 44.9 Å². The van der Waals surface area contributed by atoms with Crippen LogP contribution in [0.4, 0.5) is 0 Å². The van der Waals surface area contributed by atoms with E-state index in [-0.39, 0.29) is 0 Å². The van der Waals surface area contributed by atoms with Gasteiger partial charge in [0.25, 0.3) is 0 Å². The van der Waals surface area contributed by atoms with Crippen molar-refractivity contribution in [1.29, 1.82) is 0 Å². The lowest BCUT2D eigenvalue weighted by Gasteiger charge is -2.09. The van der Waals surface area contributed by atoms with Crippen LogP contribution in [0.25, 0.3) is 22.8 Å². The van der Waals surface area contributed by atoms with Gasteiger partial charge in [-0.25, -0.2) is 0 Å². The van der Waals surface area contributed by atoms with Crippen LogP contribution < -0.4 is 4.74 Å². The van der Waals surface area contributed by atoms with Crippen LogP contribution in [0.5, 0.6) is 5.75 Å². The van der Waals surface area contributed by atoms with Crippen molar-refractivity contribution in [2.45, 2.75) is 0 Å². The summed E-state index contributed by atoms with van der Waals surface area (Å²) >= 11 is 0. The van der Waals surface area contributed by atoms with Crippen molar-refractivity contribution in [1.82, 2.24) is 19.6 Å². The fraction of sp³-hybridized carbons (Fsp3) is 0.0526. The minimum atomic E-state index is 0.816. The number of aromatic nitrogens is 4. The quantitative estimate of drug-likeness (QED) is 0.576. The molecule has 4 aromatic rings. The molecule has 4 rings (SSSR count). The highest BCUT2D eigenvalue weighted by Gasteiger charge is 2.17. The fourth-order valence-electron chi connectivity index (χ4n) is 2.66. The van der Waals surface area contributed by atoms with E-state index in [4.69, 9.17) is 4.74 Å². The maximum absolute atomic E-state index is 5.24. The number of methoxy groups -OCH3 is 1. The van der Waals surface area contributed by atoms with Crippen LogP contribution in [0.15, 0.2) is 79.1 Å². The summed E-state index contributed by atoms with van der Waals surface area (Å²) in [6.45, 7) is 0. The molecular formula is C19H16N4O. The first-order valence-corrected chi connectivity index (χ1v) is 7.66. The molecule has 0 unspecified atom stereocenters. The Hall–Kier alpha value is -3.34. The van der Waals surface area contributed by atoms with Gasteiger partial charge in [-0.15, -0.1) is 5.10 Å². The lowest BCUT2D eigenvalue weighted by Crippen LogP contribution is -2.04. The zero-order chi connectivity index (χ0) is 16.4. The molecule has 2 aromatic carbocycles. The van der Waals surface area contributed by atoms with Crippen molar-refractivity contribution in [2.24, 2.45) is 0 Å². The second kappa shape index (κ2) is 6.04. The van der Waals surface area contributed by atoms with Gasteiger partial charge >= 0.3 is 0 Å². The van der Waals surface area contributed by atoms with Gasteiger partial charge in [0.2, 0.25) is 0 Å². The average Bonchev–Trinajstić information content (AvgIpc) is 3.32. The smallest absolute Gasteiger partial charge is 0.169 e. The maximum Gasteiger partial charge on any atom is 0.169 e. The number of rotatable bonds is 4. The monoisotopic (exact) mass is 316 g/mol. The lowest BCUT2D eigenvalue weighted by molar-refractivity contribution is 0.415. The molecule has 0 bridgehead atoms. The standard InChI is InChI=1S/C19H16N4O/c1-24-17-11-9-15(10-12-17)18-19(22-13-5-6-14-22)23(21-20-18)16-7-3-2-4-8-16/h2-14H,1H3. The number of para-hydroxylation sites is 1. The van der Waals surface area contributed by atoms with Crippen LogP contribution in [0.1, 0.15) is 0 Å². The van der Waals surface area contributed by atoms with E-state index in [1.54, 1.807) is 7.11 Å². The van der Waals surface area contributed by atoms with Crippen molar-refractivity contribution >= 4 is 0 Å². The fourth-order valence-corrected chi connectivity index (χ4v) is 2.66. The Morgan fingerprint density at radius 2 is 1.54 bits per heavy atom. The van der Waals surface area contributed by atoms with E-state index in [0.717, 1.165) is 28.5 Å². The number of hydrogen-bond donors (Lipinski definition) is 0. The minimum absolute atomic E-state index is 0.816. The summed E-state index contributed by atoms with van der Waals surface area (Å²) in [5, 5.41) is 8.80. The Balaban J connectivity index is 1.90. The van der Waals surface area contributed by atoms with Crippen molar-refractivity contribution in [3.05, 3.63) is 79.1 Å². The number of benzene rings is 2. The largest absolute Gasteiger partial charge is 0.497 e. The Kier molecular flexibility index (Phi) is 3.59. The molecule has 0 aliphatic carbocycles. The second-order valence-corrected chi connectivity index (χ2v) is 5.33. The van der Waals surface area contributed by atoms with Crippen LogP contribution in [0, 0.1) is 0 Å². The Bertz CT molecular complexity index is 925. The molecule has 2 heterocycles. The van der Waals surface area contributed by atoms with Gasteiger partial charge in [0, 0.05) is 18.0 Å². The molecule has 0 saturated carbocycles. The molecule has 5 heteroatoms. The summed E-state index contributed by atoms with van der Waals surface area (Å²) in [6.07, 6.45) is 3.98. The van der Waals surface area contributed by atoms with Crippen LogP contribution in [-0.2, 0) is 0 Å². The molecule has 118 valence electrons. The van der Waals surface area contributed by atoms with Crippen molar-refractivity contribution in [2.75, 3.05) is 7.11 Å². The third kappa shape index (κ3) is 2.46. The summed E-state index contributed by atoms with van der Waals surface area (Å²) in [6, 6.07) is 21.8. The summed E-state index contributed by atoms with van der Waals surface area (Å²) < 4.78 is 9.10. The molecule has 0 saturated heterocycles. The molecule has 24 heavy (non-hydrogen) atoms. The Morgan fingerprint density at radius 1 is 0.833 bits per heavy atom. The normalized spacial score (nSPS) is 10.7. The first-order chi connectivity index (χ1) is 11.9. The van der Waals surface area contributed by atoms with E-state index in [0.29, 0.717) is 0 Å². The second-order valence-electron chi connectivity index (χ2n) is 5.33. The highest BCUT2D eigenvalue weighted by Crippen LogP contribution is 2.28. The Labute approximate surface area is 139 Å². The Morgan fingerprint density at radius 3 is 2.21 bits per heavy atom. The first-order valence-electron chi connectivity index (χ1n) is 7.66. The molecule has 2 aromatic heterocycles. The molecule has 0 spiro atoms. The third-order valence-electron chi connectivity index (χ3n) is 3.86. The highest BCUT2D eigenvalue weighted by molar-refractivity contribution is 5.68. The van der Waals surface area contributed by atoms with Crippen molar-refractivity contribution < 1.29 is 4.74 Å². The molecule has 0 fully saturated rings. The van der Waals surface area contributed by atoms with Gasteiger partial charge in [-0.1, -0.05) is 23.4 Å². The van der Waals surface area contributed by atoms with Gasteiger partial charge < -0.3 is 9.30 Å². The van der Waals surface area contributed by atoms with Gasteiger partial charge in [-0.05, 0) is 48.5 Å². The molecule has 0 aliphatic heterocycles. The molecule has 0 atom stereocenters. The van der Waals surface area contributed by atoms with Crippen molar-refractivity contribution in [3.8, 4) is 28.5 Å². The molecule has 5 nitrogen and oxygen atoms in total. The lowest BCUT2D eigenvalue weighted by atomic mass is 10.1. The van der Waals surface area contributed by atoms with E-state index < -0.39 is 0 Å². The van der Waals surface area contributed by atoms with E-state index in [1.807, 2.05) is 88.4 Å². The molecular weight excluding hydrogens is 300 g/mol. The van der Waals surface area contributed by atoms with Gasteiger partial charge in [-0.3, -0.25) is 0 Å². The van der Waals surface area contributed by atoms with Gasteiger partial charge in [0.15, 0.2) is 5.82 Å². The van der Waals surface area contributed by atoms with Crippen molar-refractivity contribution in [3.63, 3.8) is 0 Å². The van der Waals surface area contributed by atoms with E-state index in [9.17, 15) is 0 Å². The van der Waals surface area contributed by atoms with Crippen LogP contribution >= 0.6 is 0 Å². The van der Waals surface area contributed by atoms with E-state index in [1.165, 1.54) is 0 Å². The summed E-state index contributed by atoms with van der Waals surface area (Å²) in [7, 11) is 1.66. The number of ether oxygens (including phenoxy) is 1. The van der Waals surface area contributed by atoms with Gasteiger partial charge in [0.1, 0.15) is 11.4 Å². The first kappa shape index (κ1) is 14.3. The van der Waals surface area contributed by atoms with Crippen LogP contribution in [0.3, 0.4) is 0 Å². The summed E-state index contributed by atoms with van der Waals surface area (Å²) in [4.78, 5) is 0. The van der Waals surface area contributed by atoms with Crippen LogP contribution in [-0.4, -0.2) is 26.7 Å². The predicted octanol–water partition coefficient (Wildman–Crippen LogP) is 3.73. The third-order valence-corrected chi connectivity index (χ3v) is 3.86. The summed E-state index contributed by atoms with van der Waals surface area (Å²) in [5.41, 5.74) is 2.77. The average molecular weight is 316 g/mol. The van der Waals surface area contributed by atoms with Crippen LogP contribution in [0.2, 0.25) is 0 Å². The highest BCUT2D eigenvalue weighted by atomic mass is 16.5. The molecule has 0 N–H and O–H groups in total. The number of hydrogen-bond acceptors (Lipinski definition) is 3. The maximum atomic E-state index is 5.24. The zero-order valence-electron chi connectivity index (χ0n) is 13.2. The predicted molar refractivity (Wildman–Crippen MR) is 92.7 cm³/mol. The van der Waals surface area contributed by atoms with Gasteiger partial charge in [-0.2, -0.15) is 4.68 Å². The van der Waals surface area contributed by atoms with E-state index in [2.05, 4.69) is 10.3 Å². The number of nitrogens with zero attached hydrogens (tertiary/aromatic N) is 4. The molecule has 0 radical (unpaired) electrons. The molecule has 0 aliphatic rings.